The monoisotopic (exact) mass is 368 g/mol. The fourth-order valence-corrected chi connectivity index (χ4v) is 4.05. The van der Waals surface area contributed by atoms with Gasteiger partial charge in [-0.25, -0.2) is 9.50 Å². The fourth-order valence-electron chi connectivity index (χ4n) is 4.05. The second-order valence-corrected chi connectivity index (χ2v) is 7.32. The van der Waals surface area contributed by atoms with Crippen LogP contribution < -0.4 is 5.32 Å². The van der Waals surface area contributed by atoms with Crippen LogP contribution in [0.4, 0.5) is 13.2 Å². The number of aromatic nitrogens is 3. The number of ether oxygens (including phenoxy) is 1. The van der Waals surface area contributed by atoms with Crippen molar-refractivity contribution in [1.82, 2.24) is 19.9 Å². The third-order valence-corrected chi connectivity index (χ3v) is 5.47. The van der Waals surface area contributed by atoms with Crippen LogP contribution in [0.5, 0.6) is 0 Å². The van der Waals surface area contributed by atoms with Crippen molar-refractivity contribution in [2.45, 2.75) is 50.8 Å². The highest BCUT2D eigenvalue weighted by Gasteiger charge is 2.42. The lowest BCUT2D eigenvalue weighted by Crippen LogP contribution is -2.34. The Bertz CT molecular complexity index is 775. The van der Waals surface area contributed by atoms with E-state index in [4.69, 9.17) is 9.84 Å². The first kappa shape index (κ1) is 17.7. The standard InChI is InChI=1S/C18H23F3N4O/c1-11-8-15(16-10-22-6-7-26-16)25-17(23-11)9-14(24-25)12-2-4-13(5-3-12)18(19,20)21/h8-9,12-13,16,22H,2-7,10H2,1H3/t12-,13-,16-/m0/s1. The number of nitrogens with one attached hydrogen (secondary N) is 1. The Morgan fingerprint density at radius 3 is 2.62 bits per heavy atom. The lowest BCUT2D eigenvalue weighted by molar-refractivity contribution is -0.182. The van der Waals surface area contributed by atoms with E-state index < -0.39 is 12.1 Å². The molecule has 1 N–H and O–H groups in total. The molecular weight excluding hydrogens is 345 g/mol. The smallest absolute Gasteiger partial charge is 0.369 e. The van der Waals surface area contributed by atoms with Gasteiger partial charge < -0.3 is 10.1 Å². The van der Waals surface area contributed by atoms with E-state index in [1.165, 1.54) is 0 Å². The predicted octanol–water partition coefficient (Wildman–Crippen LogP) is 3.53. The Balaban J connectivity index is 1.60. The molecule has 0 radical (unpaired) electrons. The van der Waals surface area contributed by atoms with Gasteiger partial charge in [-0.1, -0.05) is 0 Å². The molecule has 1 atom stereocenters. The molecule has 0 unspecified atom stereocenters. The summed E-state index contributed by atoms with van der Waals surface area (Å²) in [6, 6.07) is 3.90. The Morgan fingerprint density at radius 2 is 1.96 bits per heavy atom. The third kappa shape index (κ3) is 3.44. The van der Waals surface area contributed by atoms with Gasteiger partial charge in [0, 0.05) is 30.8 Å². The summed E-state index contributed by atoms with van der Waals surface area (Å²) in [6.07, 6.45) is -2.79. The summed E-state index contributed by atoms with van der Waals surface area (Å²) in [4.78, 5) is 4.55. The number of halogens is 3. The average molecular weight is 368 g/mol. The molecule has 1 saturated carbocycles. The maximum atomic E-state index is 12.9. The fraction of sp³-hybridized carbons (Fsp3) is 0.667. The Kier molecular flexibility index (Phi) is 4.64. The lowest BCUT2D eigenvalue weighted by atomic mass is 9.80. The molecule has 0 aromatic carbocycles. The van der Waals surface area contributed by atoms with Crippen molar-refractivity contribution in [3.05, 3.63) is 29.2 Å². The minimum atomic E-state index is -4.08. The summed E-state index contributed by atoms with van der Waals surface area (Å²) < 4.78 is 46.3. The molecule has 3 heterocycles. The van der Waals surface area contributed by atoms with Crippen molar-refractivity contribution in [2.75, 3.05) is 19.7 Å². The van der Waals surface area contributed by atoms with Gasteiger partial charge in [0.05, 0.1) is 23.9 Å². The van der Waals surface area contributed by atoms with E-state index in [1.54, 1.807) is 4.52 Å². The largest absolute Gasteiger partial charge is 0.391 e. The van der Waals surface area contributed by atoms with Crippen molar-refractivity contribution < 1.29 is 17.9 Å². The van der Waals surface area contributed by atoms with Crippen LogP contribution in [-0.2, 0) is 4.74 Å². The van der Waals surface area contributed by atoms with Crippen molar-refractivity contribution in [1.29, 1.82) is 0 Å². The molecule has 26 heavy (non-hydrogen) atoms. The van der Waals surface area contributed by atoms with Gasteiger partial charge in [-0.2, -0.15) is 18.3 Å². The Morgan fingerprint density at radius 1 is 1.19 bits per heavy atom. The first-order valence-corrected chi connectivity index (χ1v) is 9.18. The molecular formula is C18H23F3N4O. The van der Waals surface area contributed by atoms with Gasteiger partial charge in [0.1, 0.15) is 6.10 Å². The van der Waals surface area contributed by atoms with E-state index in [0.29, 0.717) is 26.0 Å². The number of aryl methyl sites for hydroxylation is 1. The number of fused-ring (bicyclic) bond motifs is 1. The van der Waals surface area contributed by atoms with Crippen LogP contribution in [0, 0.1) is 12.8 Å². The molecule has 2 aromatic heterocycles. The van der Waals surface area contributed by atoms with Crippen LogP contribution in [-0.4, -0.2) is 40.5 Å². The number of nitrogens with zero attached hydrogens (tertiary/aromatic N) is 3. The van der Waals surface area contributed by atoms with Crippen molar-refractivity contribution in [3.8, 4) is 0 Å². The molecule has 142 valence electrons. The summed E-state index contributed by atoms with van der Waals surface area (Å²) >= 11 is 0. The summed E-state index contributed by atoms with van der Waals surface area (Å²) in [7, 11) is 0. The van der Waals surface area contributed by atoms with E-state index in [1.807, 2.05) is 19.1 Å². The Hall–Kier alpha value is -1.67. The SMILES string of the molecule is Cc1cc([C@@H]2CNCCO2)n2nc([C@H]3CC[C@H](C(F)(F)F)CC3)cc2n1. The van der Waals surface area contributed by atoms with Crippen molar-refractivity contribution in [2.24, 2.45) is 5.92 Å². The van der Waals surface area contributed by atoms with Crippen molar-refractivity contribution >= 4 is 5.65 Å². The third-order valence-electron chi connectivity index (χ3n) is 5.47. The molecule has 1 aliphatic carbocycles. The molecule has 0 spiro atoms. The maximum absolute atomic E-state index is 12.9. The number of alkyl halides is 3. The zero-order valence-corrected chi connectivity index (χ0v) is 14.7. The quantitative estimate of drug-likeness (QED) is 0.881. The molecule has 2 fully saturated rings. The first-order chi connectivity index (χ1) is 12.4. The number of rotatable bonds is 2. The molecule has 0 bridgehead atoms. The predicted molar refractivity (Wildman–Crippen MR) is 90.0 cm³/mol. The van der Waals surface area contributed by atoms with Gasteiger partial charge in [0.25, 0.3) is 0 Å². The van der Waals surface area contributed by atoms with Crippen LogP contribution in [0.1, 0.15) is 54.8 Å². The highest BCUT2D eigenvalue weighted by atomic mass is 19.4. The lowest BCUT2D eigenvalue weighted by Gasteiger charge is -2.28. The minimum Gasteiger partial charge on any atom is -0.369 e. The number of hydrogen-bond donors (Lipinski definition) is 1. The summed E-state index contributed by atoms with van der Waals surface area (Å²) in [5.41, 5.74) is 3.40. The number of morpholine rings is 1. The molecule has 1 aliphatic heterocycles. The molecule has 2 aromatic rings. The second kappa shape index (κ2) is 6.81. The van der Waals surface area contributed by atoms with Crippen LogP contribution in [0.15, 0.2) is 12.1 Å². The first-order valence-electron chi connectivity index (χ1n) is 9.18. The van der Waals surface area contributed by atoms with E-state index in [9.17, 15) is 13.2 Å². The molecule has 8 heteroatoms. The van der Waals surface area contributed by atoms with Crippen LogP contribution in [0.25, 0.3) is 5.65 Å². The average Bonchev–Trinajstić information content (AvgIpc) is 3.05. The minimum absolute atomic E-state index is 0.0638. The van der Waals surface area contributed by atoms with E-state index in [2.05, 4.69) is 10.3 Å². The van der Waals surface area contributed by atoms with Gasteiger partial charge in [-0.05, 0) is 38.7 Å². The van der Waals surface area contributed by atoms with E-state index in [0.717, 1.165) is 29.3 Å². The van der Waals surface area contributed by atoms with Crippen molar-refractivity contribution in [3.63, 3.8) is 0 Å². The zero-order valence-electron chi connectivity index (χ0n) is 14.7. The summed E-state index contributed by atoms with van der Waals surface area (Å²) in [6.45, 7) is 4.12. The summed E-state index contributed by atoms with van der Waals surface area (Å²) in [5.74, 6) is -1.11. The van der Waals surface area contributed by atoms with Crippen LogP contribution >= 0.6 is 0 Å². The highest BCUT2D eigenvalue weighted by molar-refractivity contribution is 5.43. The molecule has 0 amide bonds. The van der Waals surface area contributed by atoms with Crippen LogP contribution in [0.3, 0.4) is 0 Å². The summed E-state index contributed by atoms with van der Waals surface area (Å²) in [5, 5.41) is 8.02. The van der Waals surface area contributed by atoms with Gasteiger partial charge in [0.2, 0.25) is 0 Å². The molecule has 5 nitrogen and oxygen atoms in total. The maximum Gasteiger partial charge on any atom is 0.391 e. The second-order valence-electron chi connectivity index (χ2n) is 7.32. The molecule has 1 saturated heterocycles. The molecule has 4 rings (SSSR count). The normalized spacial score (nSPS) is 27.8. The van der Waals surface area contributed by atoms with Gasteiger partial charge in [-0.15, -0.1) is 0 Å². The van der Waals surface area contributed by atoms with E-state index >= 15 is 0 Å². The van der Waals surface area contributed by atoms with Gasteiger partial charge in [0.15, 0.2) is 5.65 Å². The van der Waals surface area contributed by atoms with Gasteiger partial charge in [-0.3, -0.25) is 0 Å². The topological polar surface area (TPSA) is 51.5 Å². The van der Waals surface area contributed by atoms with Gasteiger partial charge >= 0.3 is 6.18 Å². The number of hydrogen-bond acceptors (Lipinski definition) is 4. The highest BCUT2D eigenvalue weighted by Crippen LogP contribution is 2.42. The van der Waals surface area contributed by atoms with Crippen LogP contribution in [0.2, 0.25) is 0 Å². The molecule has 2 aliphatic rings. The zero-order chi connectivity index (χ0) is 18.3. The Labute approximate surface area is 149 Å². The van der Waals surface area contributed by atoms with E-state index in [-0.39, 0.29) is 24.9 Å².